The van der Waals surface area contributed by atoms with Gasteiger partial charge in [0, 0.05) is 17.0 Å². The fourth-order valence-electron chi connectivity index (χ4n) is 0.860. The first-order valence-corrected chi connectivity index (χ1v) is 5.62. The van der Waals surface area contributed by atoms with E-state index in [0.29, 0.717) is 6.04 Å². The molecule has 0 aromatic rings. The van der Waals surface area contributed by atoms with E-state index in [-0.39, 0.29) is 0 Å². The van der Waals surface area contributed by atoms with Crippen LogP contribution in [0.4, 0.5) is 0 Å². The molecule has 2 N–H and O–H groups in total. The van der Waals surface area contributed by atoms with Crippen LogP contribution < -0.4 is 5.73 Å². The van der Waals surface area contributed by atoms with Gasteiger partial charge in [-0.2, -0.15) is 11.8 Å². The van der Waals surface area contributed by atoms with E-state index in [2.05, 4.69) is 20.8 Å². The summed E-state index contributed by atoms with van der Waals surface area (Å²) in [6, 6.07) is 0.416. The third-order valence-corrected chi connectivity index (χ3v) is 3.35. The van der Waals surface area contributed by atoms with Crippen LogP contribution in [0.25, 0.3) is 0 Å². The van der Waals surface area contributed by atoms with Crippen molar-refractivity contribution in [2.24, 2.45) is 5.73 Å². The Labute approximate surface area is 75.1 Å². The summed E-state index contributed by atoms with van der Waals surface area (Å²) in [5.41, 5.74) is 5.87. The Kier molecular flexibility index (Phi) is 7.18. The average Bonchev–Trinajstić information content (AvgIpc) is 2.01. The van der Waals surface area contributed by atoms with Crippen LogP contribution in [0.1, 0.15) is 40.0 Å². The minimum Gasteiger partial charge on any atom is -0.327 e. The van der Waals surface area contributed by atoms with Crippen molar-refractivity contribution in [3.63, 3.8) is 0 Å². The molecule has 0 amide bonds. The standard InChI is InChI=1S/C9H21NS/c1-4-6-9(10)7-11-8(3)5-2/h8-9H,4-7,10H2,1-3H3. The number of thioether (sulfide) groups is 1. The van der Waals surface area contributed by atoms with E-state index in [0.717, 1.165) is 11.0 Å². The monoisotopic (exact) mass is 175 g/mol. The molecule has 2 atom stereocenters. The van der Waals surface area contributed by atoms with E-state index in [1.807, 2.05) is 11.8 Å². The van der Waals surface area contributed by atoms with E-state index in [1.54, 1.807) is 0 Å². The Balaban J connectivity index is 3.22. The smallest absolute Gasteiger partial charge is 0.0130 e. The van der Waals surface area contributed by atoms with Crippen LogP contribution in [-0.4, -0.2) is 17.0 Å². The van der Waals surface area contributed by atoms with Crippen molar-refractivity contribution in [3.05, 3.63) is 0 Å². The van der Waals surface area contributed by atoms with Crippen molar-refractivity contribution in [2.45, 2.75) is 51.3 Å². The molecule has 0 aliphatic rings. The highest BCUT2D eigenvalue weighted by molar-refractivity contribution is 7.99. The van der Waals surface area contributed by atoms with Gasteiger partial charge in [-0.1, -0.05) is 27.2 Å². The summed E-state index contributed by atoms with van der Waals surface area (Å²) in [5.74, 6) is 1.13. The second-order valence-corrected chi connectivity index (χ2v) is 4.57. The van der Waals surface area contributed by atoms with E-state index >= 15 is 0 Å². The predicted molar refractivity (Wildman–Crippen MR) is 55.1 cm³/mol. The Morgan fingerprint density at radius 1 is 1.36 bits per heavy atom. The first-order chi connectivity index (χ1) is 5.20. The molecule has 0 aliphatic carbocycles. The van der Waals surface area contributed by atoms with Gasteiger partial charge >= 0.3 is 0 Å². The summed E-state index contributed by atoms with van der Waals surface area (Å²) in [4.78, 5) is 0. The maximum atomic E-state index is 5.87. The van der Waals surface area contributed by atoms with Crippen molar-refractivity contribution >= 4 is 11.8 Å². The fraction of sp³-hybridized carbons (Fsp3) is 1.00. The maximum absolute atomic E-state index is 5.87. The molecule has 0 radical (unpaired) electrons. The zero-order valence-corrected chi connectivity index (χ0v) is 8.79. The summed E-state index contributed by atoms with van der Waals surface area (Å²) in [5, 5.41) is 0.776. The van der Waals surface area contributed by atoms with Crippen LogP contribution in [0.2, 0.25) is 0 Å². The fourth-order valence-corrected chi connectivity index (χ4v) is 1.84. The first-order valence-electron chi connectivity index (χ1n) is 4.57. The molecular weight excluding hydrogens is 154 g/mol. The van der Waals surface area contributed by atoms with Crippen molar-refractivity contribution < 1.29 is 0 Å². The Morgan fingerprint density at radius 2 is 2.00 bits per heavy atom. The van der Waals surface area contributed by atoms with E-state index in [1.165, 1.54) is 19.3 Å². The largest absolute Gasteiger partial charge is 0.327 e. The van der Waals surface area contributed by atoms with Crippen LogP contribution in [0.3, 0.4) is 0 Å². The third kappa shape index (κ3) is 6.70. The van der Waals surface area contributed by atoms with Gasteiger partial charge in [0.1, 0.15) is 0 Å². The predicted octanol–water partition coefficient (Wildman–Crippen LogP) is 2.65. The van der Waals surface area contributed by atoms with Crippen LogP contribution >= 0.6 is 11.8 Å². The van der Waals surface area contributed by atoms with Crippen LogP contribution in [0, 0.1) is 0 Å². The van der Waals surface area contributed by atoms with Crippen molar-refractivity contribution in [1.29, 1.82) is 0 Å². The Morgan fingerprint density at radius 3 is 2.45 bits per heavy atom. The number of rotatable bonds is 6. The molecule has 0 fully saturated rings. The van der Waals surface area contributed by atoms with Gasteiger partial charge in [0.25, 0.3) is 0 Å². The van der Waals surface area contributed by atoms with Gasteiger partial charge in [-0.25, -0.2) is 0 Å². The molecule has 0 aliphatic heterocycles. The van der Waals surface area contributed by atoms with Crippen LogP contribution in [0.5, 0.6) is 0 Å². The molecule has 68 valence electrons. The number of hydrogen-bond donors (Lipinski definition) is 1. The summed E-state index contributed by atoms with van der Waals surface area (Å²) in [7, 11) is 0. The molecule has 0 bridgehead atoms. The van der Waals surface area contributed by atoms with E-state index in [9.17, 15) is 0 Å². The quantitative estimate of drug-likeness (QED) is 0.671. The SMILES string of the molecule is CCCC(N)CSC(C)CC. The zero-order valence-electron chi connectivity index (χ0n) is 7.97. The molecule has 2 heteroatoms. The average molecular weight is 175 g/mol. The van der Waals surface area contributed by atoms with Gasteiger partial charge in [-0.15, -0.1) is 0 Å². The zero-order chi connectivity index (χ0) is 8.69. The van der Waals surface area contributed by atoms with E-state index < -0.39 is 0 Å². The van der Waals surface area contributed by atoms with Gasteiger partial charge in [0.2, 0.25) is 0 Å². The number of nitrogens with two attached hydrogens (primary N) is 1. The summed E-state index contributed by atoms with van der Waals surface area (Å²) in [6.07, 6.45) is 3.63. The molecule has 11 heavy (non-hydrogen) atoms. The molecule has 0 aromatic heterocycles. The lowest BCUT2D eigenvalue weighted by molar-refractivity contribution is 0.659. The first kappa shape index (κ1) is 11.3. The van der Waals surface area contributed by atoms with Crippen molar-refractivity contribution in [3.8, 4) is 0 Å². The van der Waals surface area contributed by atoms with Crippen molar-refractivity contribution in [2.75, 3.05) is 5.75 Å². The molecule has 2 unspecified atom stereocenters. The van der Waals surface area contributed by atoms with Crippen LogP contribution in [0.15, 0.2) is 0 Å². The normalized spacial score (nSPS) is 16.4. The molecule has 0 saturated carbocycles. The minimum absolute atomic E-state index is 0.416. The second-order valence-electron chi connectivity index (χ2n) is 3.10. The molecule has 0 saturated heterocycles. The second kappa shape index (κ2) is 6.99. The summed E-state index contributed by atoms with van der Waals surface area (Å²) in [6.45, 7) is 6.68. The Hall–Kier alpha value is 0.310. The number of hydrogen-bond acceptors (Lipinski definition) is 2. The van der Waals surface area contributed by atoms with E-state index in [4.69, 9.17) is 5.73 Å². The highest BCUT2D eigenvalue weighted by Gasteiger charge is 2.04. The molecule has 0 rings (SSSR count). The van der Waals surface area contributed by atoms with Crippen LogP contribution in [-0.2, 0) is 0 Å². The van der Waals surface area contributed by atoms with Gasteiger partial charge in [-0.3, -0.25) is 0 Å². The third-order valence-electron chi connectivity index (χ3n) is 1.83. The van der Waals surface area contributed by atoms with Gasteiger partial charge in [0.15, 0.2) is 0 Å². The Bertz CT molecular complexity index is 85.6. The van der Waals surface area contributed by atoms with Gasteiger partial charge in [-0.05, 0) is 12.8 Å². The lowest BCUT2D eigenvalue weighted by Gasteiger charge is -2.12. The maximum Gasteiger partial charge on any atom is 0.0130 e. The topological polar surface area (TPSA) is 26.0 Å². The lowest BCUT2D eigenvalue weighted by atomic mass is 10.2. The minimum atomic E-state index is 0.416. The molecule has 0 aromatic carbocycles. The highest BCUT2D eigenvalue weighted by Crippen LogP contribution is 2.15. The molecule has 1 nitrogen and oxygen atoms in total. The van der Waals surface area contributed by atoms with Gasteiger partial charge < -0.3 is 5.73 Å². The molecule has 0 spiro atoms. The molecular formula is C9H21NS. The van der Waals surface area contributed by atoms with Gasteiger partial charge in [0.05, 0.1) is 0 Å². The summed E-state index contributed by atoms with van der Waals surface area (Å²) < 4.78 is 0. The highest BCUT2D eigenvalue weighted by atomic mass is 32.2. The summed E-state index contributed by atoms with van der Waals surface area (Å²) >= 11 is 2.00. The van der Waals surface area contributed by atoms with Crippen molar-refractivity contribution in [1.82, 2.24) is 0 Å². The lowest BCUT2D eigenvalue weighted by Crippen LogP contribution is -2.23. The molecule has 0 heterocycles.